The molecule has 0 aliphatic carbocycles. The van der Waals surface area contributed by atoms with Crippen molar-refractivity contribution in [3.05, 3.63) is 94.5 Å². The van der Waals surface area contributed by atoms with E-state index in [9.17, 15) is 9.59 Å². The molecule has 3 aromatic carbocycles. The van der Waals surface area contributed by atoms with Crippen LogP contribution in [-0.2, 0) is 24.4 Å². The lowest BCUT2D eigenvalue weighted by Gasteiger charge is -2.32. The molecule has 1 aliphatic rings. The summed E-state index contributed by atoms with van der Waals surface area (Å²) in [6, 6.07) is 22.8. The first-order valence-electron chi connectivity index (χ1n) is 14.0. The highest BCUT2D eigenvalue weighted by Gasteiger charge is 2.20. The van der Waals surface area contributed by atoms with Crippen LogP contribution in [0.3, 0.4) is 0 Å². The highest BCUT2D eigenvalue weighted by atomic mass is 16.5. The fourth-order valence-electron chi connectivity index (χ4n) is 5.05. The molecule has 3 aromatic rings. The SMILES string of the molecule is COc1ccc(CNC(=O)c2ccc(CNC(=O)CCC3CCN(Cc4ccc(C#N)cc4)CC3)cc2)cc1OC. The van der Waals surface area contributed by atoms with Gasteiger partial charge >= 0.3 is 0 Å². The Morgan fingerprint density at radius 1 is 0.854 bits per heavy atom. The molecule has 8 heteroatoms. The number of ether oxygens (including phenoxy) is 2. The number of nitriles is 1. The second-order valence-corrected chi connectivity index (χ2v) is 10.4. The normalized spacial score (nSPS) is 13.7. The smallest absolute Gasteiger partial charge is 0.251 e. The molecule has 214 valence electrons. The summed E-state index contributed by atoms with van der Waals surface area (Å²) in [6.07, 6.45) is 3.62. The van der Waals surface area contributed by atoms with Gasteiger partial charge in [-0.25, -0.2) is 0 Å². The van der Waals surface area contributed by atoms with E-state index in [0.29, 0.717) is 48.1 Å². The van der Waals surface area contributed by atoms with Crippen LogP contribution in [0.4, 0.5) is 0 Å². The molecule has 0 bridgehead atoms. The van der Waals surface area contributed by atoms with Gasteiger partial charge in [-0.05, 0) is 91.4 Å². The van der Waals surface area contributed by atoms with Crippen molar-refractivity contribution in [3.8, 4) is 17.6 Å². The molecule has 0 aromatic heterocycles. The Hall–Kier alpha value is -4.35. The number of rotatable bonds is 12. The van der Waals surface area contributed by atoms with Crippen molar-refractivity contribution in [2.45, 2.75) is 45.3 Å². The van der Waals surface area contributed by atoms with E-state index in [1.165, 1.54) is 5.56 Å². The van der Waals surface area contributed by atoms with Gasteiger partial charge in [0.15, 0.2) is 11.5 Å². The molecule has 1 fully saturated rings. The number of benzene rings is 3. The van der Waals surface area contributed by atoms with Gasteiger partial charge in [0.25, 0.3) is 5.91 Å². The summed E-state index contributed by atoms with van der Waals surface area (Å²) >= 11 is 0. The quantitative estimate of drug-likeness (QED) is 0.333. The van der Waals surface area contributed by atoms with Crippen LogP contribution in [0, 0.1) is 17.2 Å². The minimum atomic E-state index is -0.168. The maximum absolute atomic E-state index is 12.6. The number of carbonyl (C=O) groups is 2. The van der Waals surface area contributed by atoms with Gasteiger partial charge in [-0.15, -0.1) is 0 Å². The van der Waals surface area contributed by atoms with E-state index in [1.807, 2.05) is 54.6 Å². The summed E-state index contributed by atoms with van der Waals surface area (Å²) in [5.41, 5.74) is 4.33. The molecule has 41 heavy (non-hydrogen) atoms. The highest BCUT2D eigenvalue weighted by Crippen LogP contribution is 2.27. The number of piperidine rings is 1. The maximum atomic E-state index is 12.6. The standard InChI is InChI=1S/C33H38N4O4/c1-40-30-13-9-28(19-31(30)41-2)22-36-33(39)29-11-7-26(8-12-29)21-35-32(38)14-10-24-15-17-37(18-16-24)23-27-5-3-25(20-34)4-6-27/h3-9,11-13,19,24H,10,14-18,21-23H2,1-2H3,(H,35,38)(H,36,39). The summed E-state index contributed by atoms with van der Waals surface area (Å²) < 4.78 is 10.6. The molecule has 0 unspecified atom stereocenters. The number of hydrogen-bond acceptors (Lipinski definition) is 6. The molecular weight excluding hydrogens is 516 g/mol. The van der Waals surface area contributed by atoms with Gasteiger partial charge in [0.2, 0.25) is 5.91 Å². The van der Waals surface area contributed by atoms with Gasteiger partial charge in [-0.2, -0.15) is 5.26 Å². The minimum absolute atomic E-state index is 0.0572. The van der Waals surface area contributed by atoms with Gasteiger partial charge in [0.05, 0.1) is 25.9 Å². The van der Waals surface area contributed by atoms with Crippen LogP contribution in [0.2, 0.25) is 0 Å². The Morgan fingerprint density at radius 2 is 1.49 bits per heavy atom. The van der Waals surface area contributed by atoms with Crippen molar-refractivity contribution in [3.63, 3.8) is 0 Å². The Balaban J connectivity index is 1.13. The van der Waals surface area contributed by atoms with Crippen LogP contribution >= 0.6 is 0 Å². The number of carbonyl (C=O) groups excluding carboxylic acids is 2. The number of likely N-dealkylation sites (tertiary alicyclic amines) is 1. The monoisotopic (exact) mass is 554 g/mol. The van der Waals surface area contributed by atoms with Gasteiger partial charge in [0.1, 0.15) is 0 Å². The summed E-state index contributed by atoms with van der Waals surface area (Å²) in [6.45, 7) is 3.76. The third kappa shape index (κ3) is 8.82. The van der Waals surface area contributed by atoms with Gasteiger partial charge < -0.3 is 20.1 Å². The van der Waals surface area contributed by atoms with Crippen LogP contribution in [0.25, 0.3) is 0 Å². The second-order valence-electron chi connectivity index (χ2n) is 10.4. The zero-order valence-electron chi connectivity index (χ0n) is 23.8. The third-order valence-corrected chi connectivity index (χ3v) is 7.58. The lowest BCUT2D eigenvalue weighted by molar-refractivity contribution is -0.121. The number of amides is 2. The minimum Gasteiger partial charge on any atom is -0.493 e. The van der Waals surface area contributed by atoms with Crippen molar-refractivity contribution in [1.29, 1.82) is 5.26 Å². The van der Waals surface area contributed by atoms with Crippen molar-refractivity contribution >= 4 is 11.8 Å². The predicted molar refractivity (Wildman–Crippen MR) is 157 cm³/mol. The van der Waals surface area contributed by atoms with E-state index in [1.54, 1.807) is 26.4 Å². The summed E-state index contributed by atoms with van der Waals surface area (Å²) in [5, 5.41) is 14.9. The predicted octanol–water partition coefficient (Wildman–Crippen LogP) is 4.81. The number of hydrogen-bond donors (Lipinski definition) is 2. The lowest BCUT2D eigenvalue weighted by atomic mass is 9.92. The Kier molecular flexibility index (Phi) is 10.7. The average Bonchev–Trinajstić information content (AvgIpc) is 3.02. The molecule has 0 spiro atoms. The molecule has 1 saturated heterocycles. The van der Waals surface area contributed by atoms with E-state index in [0.717, 1.165) is 50.0 Å². The average molecular weight is 555 g/mol. The third-order valence-electron chi connectivity index (χ3n) is 7.58. The van der Waals surface area contributed by atoms with Gasteiger partial charge in [0, 0.05) is 31.6 Å². The number of methoxy groups -OCH3 is 2. The van der Waals surface area contributed by atoms with Crippen LogP contribution in [0.15, 0.2) is 66.7 Å². The molecular formula is C33H38N4O4. The van der Waals surface area contributed by atoms with Gasteiger partial charge in [-0.1, -0.05) is 30.3 Å². The van der Waals surface area contributed by atoms with Crippen molar-refractivity contribution in [2.24, 2.45) is 5.92 Å². The Labute approximate surface area is 242 Å². The van der Waals surface area contributed by atoms with E-state index in [2.05, 4.69) is 21.6 Å². The zero-order valence-corrected chi connectivity index (χ0v) is 23.8. The summed E-state index contributed by atoms with van der Waals surface area (Å²) in [7, 11) is 3.16. The first-order valence-corrected chi connectivity index (χ1v) is 14.0. The molecule has 1 aliphatic heterocycles. The van der Waals surface area contributed by atoms with Crippen LogP contribution in [-0.4, -0.2) is 44.0 Å². The fraction of sp³-hybridized carbons (Fsp3) is 0.364. The first-order chi connectivity index (χ1) is 20.0. The number of nitrogens with one attached hydrogen (secondary N) is 2. The Morgan fingerprint density at radius 3 is 2.15 bits per heavy atom. The van der Waals surface area contributed by atoms with Crippen molar-refractivity contribution in [2.75, 3.05) is 27.3 Å². The molecule has 8 nitrogen and oxygen atoms in total. The van der Waals surface area contributed by atoms with E-state index in [-0.39, 0.29) is 11.8 Å². The maximum Gasteiger partial charge on any atom is 0.251 e. The topological polar surface area (TPSA) is 104 Å². The summed E-state index contributed by atoms with van der Waals surface area (Å²) in [4.78, 5) is 27.5. The molecule has 0 radical (unpaired) electrons. The lowest BCUT2D eigenvalue weighted by Crippen LogP contribution is -2.33. The fourth-order valence-corrected chi connectivity index (χ4v) is 5.05. The van der Waals surface area contributed by atoms with Crippen LogP contribution in [0.1, 0.15) is 58.3 Å². The molecule has 0 atom stereocenters. The van der Waals surface area contributed by atoms with Crippen LogP contribution in [0.5, 0.6) is 11.5 Å². The van der Waals surface area contributed by atoms with E-state index >= 15 is 0 Å². The second kappa shape index (κ2) is 14.9. The number of nitrogens with zero attached hydrogens (tertiary/aromatic N) is 2. The van der Waals surface area contributed by atoms with Gasteiger partial charge in [-0.3, -0.25) is 14.5 Å². The van der Waals surface area contributed by atoms with E-state index in [4.69, 9.17) is 14.7 Å². The summed E-state index contributed by atoms with van der Waals surface area (Å²) in [5.74, 6) is 1.71. The molecule has 4 rings (SSSR count). The molecule has 0 saturated carbocycles. The zero-order chi connectivity index (χ0) is 29.0. The first kappa shape index (κ1) is 29.6. The Bertz CT molecular complexity index is 1340. The van der Waals surface area contributed by atoms with E-state index < -0.39 is 0 Å². The van der Waals surface area contributed by atoms with Crippen LogP contribution < -0.4 is 20.1 Å². The highest BCUT2D eigenvalue weighted by molar-refractivity contribution is 5.94. The van der Waals surface area contributed by atoms with Crippen molar-refractivity contribution in [1.82, 2.24) is 15.5 Å². The molecule has 2 amide bonds. The van der Waals surface area contributed by atoms with Crippen molar-refractivity contribution < 1.29 is 19.1 Å². The molecule has 2 N–H and O–H groups in total. The molecule has 1 heterocycles. The largest absolute Gasteiger partial charge is 0.493 e.